The molecule has 0 saturated heterocycles. The Hall–Kier alpha value is -1.75. The molecule has 0 bridgehead atoms. The molecule has 2 atom stereocenters. The number of hydrogen-bond acceptors (Lipinski definition) is 7. The van der Waals surface area contributed by atoms with Crippen molar-refractivity contribution in [1.82, 2.24) is 3.71 Å². The molecule has 0 fully saturated rings. The number of sulfonamides is 2. The van der Waals surface area contributed by atoms with E-state index in [0.717, 1.165) is 102 Å². The number of hydrogen-bond donors (Lipinski definition) is 1. The average molecular weight is 758 g/mol. The fourth-order valence-corrected chi connectivity index (χ4v) is 8.64. The van der Waals surface area contributed by atoms with E-state index in [2.05, 4.69) is 62.5 Å². The molecule has 0 aromatic rings. The Morgan fingerprint density at radius 2 is 0.941 bits per heavy atom. The van der Waals surface area contributed by atoms with Gasteiger partial charge in [0.25, 0.3) is 0 Å². The van der Waals surface area contributed by atoms with E-state index in [1.165, 1.54) is 51.4 Å². The first kappa shape index (κ1) is 49.2. The number of ether oxygens (including phenoxy) is 1. The summed E-state index contributed by atoms with van der Waals surface area (Å²) >= 11 is 0. The minimum Gasteiger partial charge on any atom is -0.460 e. The van der Waals surface area contributed by atoms with Crippen molar-refractivity contribution in [2.75, 3.05) is 19.1 Å². The quantitative estimate of drug-likeness (QED) is 0.0388. The first-order valence-corrected chi connectivity index (χ1v) is 23.8. The fourth-order valence-electron chi connectivity index (χ4n) is 5.83. The van der Waals surface area contributed by atoms with Crippen LogP contribution in [0.5, 0.6) is 0 Å². The highest BCUT2D eigenvalue weighted by atomic mass is 32.3. The molecule has 0 aromatic carbocycles. The summed E-state index contributed by atoms with van der Waals surface area (Å²) in [6.45, 7) is 3.92. The van der Waals surface area contributed by atoms with Crippen LogP contribution in [0.1, 0.15) is 174 Å². The number of carbonyl (C=O) groups is 1. The number of allylic oxidation sites excluding steroid dienone is 8. The first-order valence-electron chi connectivity index (χ1n) is 20.1. The van der Waals surface area contributed by atoms with Crippen LogP contribution in [0.4, 0.5) is 0 Å². The molecular weight excluding hydrogens is 683 g/mol. The predicted molar refractivity (Wildman–Crippen MR) is 216 cm³/mol. The Bertz CT molecular complexity index is 1140. The minimum absolute atomic E-state index is 0.315. The molecule has 0 aromatic heterocycles. The molecule has 0 aliphatic carbocycles. The molecule has 0 amide bonds. The van der Waals surface area contributed by atoms with Crippen molar-refractivity contribution in [3.63, 3.8) is 0 Å². The molecule has 10 heteroatoms. The third-order valence-corrected chi connectivity index (χ3v) is 12.3. The molecule has 0 rings (SSSR count). The van der Waals surface area contributed by atoms with Crippen LogP contribution in [0.2, 0.25) is 0 Å². The maximum absolute atomic E-state index is 12.7. The van der Waals surface area contributed by atoms with E-state index >= 15 is 0 Å². The van der Waals surface area contributed by atoms with Crippen molar-refractivity contribution >= 4 is 26.0 Å². The van der Waals surface area contributed by atoms with Gasteiger partial charge in [-0.1, -0.05) is 137 Å². The van der Waals surface area contributed by atoms with E-state index in [1.807, 2.05) is 0 Å². The second kappa shape index (κ2) is 32.9. The normalized spacial score (nSPS) is 14.2. The van der Waals surface area contributed by atoms with Crippen molar-refractivity contribution in [2.24, 2.45) is 0 Å². The standard InChI is InChI=1S/C41H75NO7S2/c1-5-7-9-11-13-15-17-19-21-23-25-27-29-31-33-35-39(43)40(49-41(44)37-38-42(50(3,45)46)51(4,47)48)36-34-32-30-28-26-24-22-20-18-16-14-12-10-8-6-2/h13-16,19-22,39-40,43H,5-12,17-18,23-38H2,1-4H3. The van der Waals surface area contributed by atoms with Crippen LogP contribution in [0.15, 0.2) is 48.6 Å². The van der Waals surface area contributed by atoms with Gasteiger partial charge in [-0.3, -0.25) is 4.79 Å². The van der Waals surface area contributed by atoms with Gasteiger partial charge >= 0.3 is 5.97 Å². The molecule has 0 spiro atoms. The smallest absolute Gasteiger partial charge is 0.307 e. The summed E-state index contributed by atoms with van der Waals surface area (Å²) < 4.78 is 53.8. The monoisotopic (exact) mass is 757 g/mol. The Morgan fingerprint density at radius 1 is 0.569 bits per heavy atom. The van der Waals surface area contributed by atoms with Crippen LogP contribution >= 0.6 is 0 Å². The van der Waals surface area contributed by atoms with E-state index in [1.54, 1.807) is 0 Å². The number of esters is 1. The van der Waals surface area contributed by atoms with Crippen LogP contribution in [0, 0.1) is 0 Å². The zero-order valence-corrected chi connectivity index (χ0v) is 34.5. The number of rotatable bonds is 35. The molecule has 0 aliphatic rings. The van der Waals surface area contributed by atoms with E-state index in [9.17, 15) is 26.7 Å². The van der Waals surface area contributed by atoms with E-state index < -0.39 is 51.2 Å². The van der Waals surface area contributed by atoms with Crippen LogP contribution in [0.25, 0.3) is 0 Å². The summed E-state index contributed by atoms with van der Waals surface area (Å²) in [5.74, 6) is -0.709. The van der Waals surface area contributed by atoms with Gasteiger partial charge in [0.15, 0.2) is 0 Å². The highest BCUT2D eigenvalue weighted by Gasteiger charge is 2.29. The lowest BCUT2D eigenvalue weighted by atomic mass is 9.99. The minimum atomic E-state index is -4.06. The van der Waals surface area contributed by atoms with E-state index in [4.69, 9.17) is 4.74 Å². The summed E-state index contributed by atoms with van der Waals surface area (Å²) in [5.41, 5.74) is 0. The van der Waals surface area contributed by atoms with Crippen LogP contribution in [-0.4, -0.2) is 62.9 Å². The van der Waals surface area contributed by atoms with Gasteiger partial charge in [0, 0.05) is 6.54 Å². The van der Waals surface area contributed by atoms with Crippen LogP contribution in [0.3, 0.4) is 0 Å². The van der Waals surface area contributed by atoms with Crippen LogP contribution in [-0.2, 0) is 29.6 Å². The maximum Gasteiger partial charge on any atom is 0.307 e. The third-order valence-electron chi connectivity index (χ3n) is 8.84. The lowest BCUT2D eigenvalue weighted by molar-refractivity contribution is -0.156. The average Bonchev–Trinajstić information content (AvgIpc) is 3.06. The highest BCUT2D eigenvalue weighted by Crippen LogP contribution is 2.19. The highest BCUT2D eigenvalue weighted by molar-refractivity contribution is 8.03. The van der Waals surface area contributed by atoms with E-state index in [-0.39, 0.29) is 0 Å². The van der Waals surface area contributed by atoms with Gasteiger partial charge in [0.1, 0.15) is 6.10 Å². The summed E-state index contributed by atoms with van der Waals surface area (Å²) in [7, 11) is -8.12. The second-order valence-corrected chi connectivity index (χ2v) is 18.0. The number of unbranched alkanes of at least 4 members (excludes halogenated alkanes) is 16. The van der Waals surface area contributed by atoms with Gasteiger partial charge in [0.2, 0.25) is 20.0 Å². The number of nitrogens with zero attached hydrogens (tertiary/aromatic N) is 1. The molecular formula is C41H75NO7S2. The summed E-state index contributed by atoms with van der Waals surface area (Å²) in [4.78, 5) is 12.7. The molecule has 0 radical (unpaired) electrons. The molecule has 0 heterocycles. The molecule has 1 N–H and O–H groups in total. The van der Waals surface area contributed by atoms with Crippen molar-refractivity contribution < 1.29 is 31.5 Å². The molecule has 2 unspecified atom stereocenters. The number of carbonyl (C=O) groups excluding carboxylic acids is 1. The molecule has 8 nitrogen and oxygen atoms in total. The largest absolute Gasteiger partial charge is 0.460 e. The maximum atomic E-state index is 12.7. The lowest BCUT2D eigenvalue weighted by Gasteiger charge is -2.24. The SMILES string of the molecule is CCCCCC=CCC=CCCCCCCCC(O)C(CCCCCCCC=CCC=CCCCCC)OC(=O)CCN(S(C)(=O)=O)S(C)(=O)=O. The van der Waals surface area contributed by atoms with Gasteiger partial charge in [-0.05, 0) is 83.5 Å². The zero-order valence-electron chi connectivity index (χ0n) is 32.8. The van der Waals surface area contributed by atoms with Gasteiger partial charge in [0.05, 0.1) is 25.0 Å². The lowest BCUT2D eigenvalue weighted by Crippen LogP contribution is -2.38. The molecule has 0 saturated carbocycles. The summed E-state index contributed by atoms with van der Waals surface area (Å²) in [6.07, 6.45) is 43.1. The zero-order chi connectivity index (χ0) is 38.1. The Balaban J connectivity index is 4.61. The number of aliphatic hydroxyl groups is 1. The molecule has 298 valence electrons. The second-order valence-electron chi connectivity index (χ2n) is 13.9. The first-order chi connectivity index (χ1) is 24.4. The van der Waals surface area contributed by atoms with Crippen LogP contribution < -0.4 is 0 Å². The molecule has 51 heavy (non-hydrogen) atoms. The van der Waals surface area contributed by atoms with Crippen molar-refractivity contribution in [2.45, 2.75) is 187 Å². The fraction of sp³-hybridized carbons (Fsp3) is 0.780. The predicted octanol–water partition coefficient (Wildman–Crippen LogP) is 10.5. The Labute approximate surface area is 314 Å². The van der Waals surface area contributed by atoms with Gasteiger partial charge < -0.3 is 9.84 Å². The van der Waals surface area contributed by atoms with Gasteiger partial charge in [-0.25, -0.2) is 16.8 Å². The van der Waals surface area contributed by atoms with Crippen molar-refractivity contribution in [1.29, 1.82) is 0 Å². The van der Waals surface area contributed by atoms with Crippen molar-refractivity contribution in [3.05, 3.63) is 48.6 Å². The molecule has 0 aliphatic heterocycles. The Morgan fingerprint density at radius 3 is 1.35 bits per heavy atom. The van der Waals surface area contributed by atoms with Gasteiger partial charge in [-0.2, -0.15) is 0 Å². The summed E-state index contributed by atoms with van der Waals surface area (Å²) in [5, 5.41) is 11.0. The summed E-state index contributed by atoms with van der Waals surface area (Å²) in [6, 6.07) is 0. The Kier molecular flexibility index (Phi) is 31.7. The number of aliphatic hydroxyl groups excluding tert-OH is 1. The van der Waals surface area contributed by atoms with Gasteiger partial charge in [-0.15, -0.1) is 0 Å². The third kappa shape index (κ3) is 31.5. The topological polar surface area (TPSA) is 118 Å². The van der Waals surface area contributed by atoms with E-state index in [0.29, 0.717) is 16.6 Å². The van der Waals surface area contributed by atoms with Crippen molar-refractivity contribution in [3.8, 4) is 0 Å².